The monoisotopic (exact) mass is 382 g/mol. The minimum Gasteiger partial charge on any atom is -0.748 e. The van der Waals surface area contributed by atoms with Gasteiger partial charge >= 0.3 is 5.97 Å². The molecule has 1 aliphatic rings. The summed E-state index contributed by atoms with van der Waals surface area (Å²) in [7, 11) is -4.43. The van der Waals surface area contributed by atoms with Crippen LogP contribution in [0.4, 0.5) is 5.69 Å². The molecule has 0 fully saturated rings. The summed E-state index contributed by atoms with van der Waals surface area (Å²) >= 11 is 0. The number of aliphatic carboxylic acids is 1. The molecule has 0 saturated heterocycles. The first-order chi connectivity index (χ1) is 12.0. The Bertz CT molecular complexity index is 813. The van der Waals surface area contributed by atoms with Gasteiger partial charge in [-0.05, 0) is 44.4 Å². The van der Waals surface area contributed by atoms with Gasteiger partial charge in [0.25, 0.3) is 0 Å². The number of benzene rings is 1. The molecule has 2 N–H and O–H groups in total. The van der Waals surface area contributed by atoms with Crippen molar-refractivity contribution in [3.05, 3.63) is 29.8 Å². The number of carboxylic acid groups (broad SMARTS) is 1. The fourth-order valence-electron chi connectivity index (χ4n) is 3.35. The molecule has 2 rings (SSSR count). The second-order valence-corrected chi connectivity index (χ2v) is 8.49. The molecule has 0 radical (unpaired) electrons. The first-order valence-corrected chi connectivity index (χ1v) is 10.1. The number of aromatic hydroxyl groups is 1. The van der Waals surface area contributed by atoms with Crippen LogP contribution in [0.5, 0.6) is 5.75 Å². The van der Waals surface area contributed by atoms with Gasteiger partial charge in [0, 0.05) is 30.3 Å². The molecule has 0 amide bonds. The Kier molecular flexibility index (Phi) is 5.98. The highest BCUT2D eigenvalue weighted by atomic mass is 32.2. The van der Waals surface area contributed by atoms with E-state index in [1.54, 1.807) is 18.2 Å². The maximum atomic E-state index is 11.3. The largest absolute Gasteiger partial charge is 0.748 e. The smallest absolute Gasteiger partial charge is 0.303 e. The fraction of sp³-hybridized carbons (Fsp3) is 0.500. The summed E-state index contributed by atoms with van der Waals surface area (Å²) in [6.07, 6.45) is 4.00. The van der Waals surface area contributed by atoms with Crippen molar-refractivity contribution in [3.8, 4) is 5.75 Å². The van der Waals surface area contributed by atoms with Gasteiger partial charge in [-0.15, -0.1) is 0 Å². The fourth-order valence-corrected chi connectivity index (χ4v) is 3.97. The molecule has 1 aromatic rings. The number of phenols is 1. The SMILES string of the molecule is CC1(C)C=C(CS(=O)(=O)[O-])c2ccc(O)cc2N1CCCCCC(=O)O. The molecule has 8 heteroatoms. The van der Waals surface area contributed by atoms with Gasteiger partial charge in [-0.2, -0.15) is 0 Å². The lowest BCUT2D eigenvalue weighted by molar-refractivity contribution is -0.137. The van der Waals surface area contributed by atoms with Crippen LogP contribution in [-0.4, -0.2) is 47.0 Å². The van der Waals surface area contributed by atoms with Crippen LogP contribution in [0, 0.1) is 0 Å². The molecule has 0 atom stereocenters. The standard InChI is InChI=1S/C18H25NO6S/c1-18(2)11-13(12-26(23,24)25)15-8-7-14(20)10-16(15)19(18)9-5-3-4-6-17(21)22/h7-8,10-11,20H,3-6,9,12H2,1-2H3,(H,21,22)(H,23,24,25)/p-1. The zero-order valence-electron chi connectivity index (χ0n) is 14.9. The number of phenolic OH excluding ortho intramolecular Hbond substituents is 1. The Morgan fingerprint density at radius 1 is 1.23 bits per heavy atom. The molecule has 0 bridgehead atoms. The summed E-state index contributed by atoms with van der Waals surface area (Å²) in [4.78, 5) is 12.6. The van der Waals surface area contributed by atoms with Crippen LogP contribution in [0.15, 0.2) is 24.3 Å². The molecule has 1 aromatic carbocycles. The zero-order valence-corrected chi connectivity index (χ0v) is 15.8. The second-order valence-electron chi connectivity index (χ2n) is 7.08. The van der Waals surface area contributed by atoms with Crippen molar-refractivity contribution in [1.29, 1.82) is 0 Å². The van der Waals surface area contributed by atoms with Crippen molar-refractivity contribution >= 4 is 27.3 Å². The molecule has 0 aromatic heterocycles. The van der Waals surface area contributed by atoms with Gasteiger partial charge in [0.2, 0.25) is 0 Å². The highest BCUT2D eigenvalue weighted by Crippen LogP contribution is 2.41. The maximum Gasteiger partial charge on any atom is 0.303 e. The summed E-state index contributed by atoms with van der Waals surface area (Å²) < 4.78 is 33.8. The van der Waals surface area contributed by atoms with Crippen LogP contribution in [-0.2, 0) is 14.9 Å². The van der Waals surface area contributed by atoms with Crippen molar-refractivity contribution in [2.45, 2.75) is 45.1 Å². The first-order valence-electron chi connectivity index (χ1n) is 8.48. The highest BCUT2D eigenvalue weighted by molar-refractivity contribution is 7.86. The maximum absolute atomic E-state index is 11.3. The Morgan fingerprint density at radius 3 is 2.54 bits per heavy atom. The van der Waals surface area contributed by atoms with Gasteiger partial charge in [0.1, 0.15) is 5.75 Å². The van der Waals surface area contributed by atoms with Crippen LogP contribution < -0.4 is 4.90 Å². The van der Waals surface area contributed by atoms with Crippen LogP contribution in [0.1, 0.15) is 45.1 Å². The number of nitrogens with zero attached hydrogens (tertiary/aromatic N) is 1. The van der Waals surface area contributed by atoms with Crippen LogP contribution >= 0.6 is 0 Å². The number of anilines is 1. The van der Waals surface area contributed by atoms with Gasteiger partial charge in [0.05, 0.1) is 21.4 Å². The molecule has 26 heavy (non-hydrogen) atoms. The summed E-state index contributed by atoms with van der Waals surface area (Å²) in [5.41, 5.74) is 1.18. The van der Waals surface area contributed by atoms with E-state index in [-0.39, 0.29) is 12.2 Å². The third kappa shape index (κ3) is 5.22. The van der Waals surface area contributed by atoms with E-state index >= 15 is 0 Å². The average molecular weight is 382 g/mol. The molecule has 1 aliphatic heterocycles. The number of hydrogen-bond acceptors (Lipinski definition) is 6. The minimum atomic E-state index is -4.43. The number of carbonyl (C=O) groups is 1. The Labute approximate surface area is 153 Å². The van der Waals surface area contributed by atoms with Crippen LogP contribution in [0.25, 0.3) is 5.57 Å². The predicted octanol–water partition coefficient (Wildman–Crippen LogP) is 2.56. The van der Waals surface area contributed by atoms with Gasteiger partial charge < -0.3 is 19.7 Å². The first kappa shape index (κ1) is 20.3. The van der Waals surface area contributed by atoms with Gasteiger partial charge in [-0.3, -0.25) is 4.79 Å². The lowest BCUT2D eigenvalue weighted by Crippen LogP contribution is -2.46. The van der Waals surface area contributed by atoms with Crippen molar-refractivity contribution in [1.82, 2.24) is 0 Å². The van der Waals surface area contributed by atoms with E-state index in [1.807, 2.05) is 18.7 Å². The van der Waals surface area contributed by atoms with Crippen molar-refractivity contribution in [2.24, 2.45) is 0 Å². The van der Waals surface area contributed by atoms with E-state index < -0.39 is 27.4 Å². The van der Waals surface area contributed by atoms with Crippen molar-refractivity contribution in [3.63, 3.8) is 0 Å². The molecule has 0 spiro atoms. The minimum absolute atomic E-state index is 0.0571. The Balaban J connectivity index is 2.27. The summed E-state index contributed by atoms with van der Waals surface area (Å²) in [6, 6.07) is 4.65. The van der Waals surface area contributed by atoms with Crippen LogP contribution in [0.2, 0.25) is 0 Å². The lowest BCUT2D eigenvalue weighted by atomic mass is 9.88. The Morgan fingerprint density at radius 2 is 1.92 bits per heavy atom. The third-order valence-corrected chi connectivity index (χ3v) is 5.11. The third-order valence-electron chi connectivity index (χ3n) is 4.45. The molecule has 0 aliphatic carbocycles. The lowest BCUT2D eigenvalue weighted by Gasteiger charge is -2.44. The summed E-state index contributed by atoms with van der Waals surface area (Å²) in [6.45, 7) is 4.44. The Hall–Kier alpha value is -2.06. The number of carboxylic acids is 1. The summed E-state index contributed by atoms with van der Waals surface area (Å²) in [5, 5.41) is 18.6. The van der Waals surface area contributed by atoms with Crippen LogP contribution in [0.3, 0.4) is 0 Å². The number of rotatable bonds is 8. The quantitative estimate of drug-likeness (QED) is 0.524. The molecule has 1 heterocycles. The molecular weight excluding hydrogens is 358 g/mol. The van der Waals surface area contributed by atoms with E-state index in [9.17, 15) is 22.9 Å². The molecular formula is C18H24NO6S-. The van der Waals surface area contributed by atoms with E-state index in [0.717, 1.165) is 12.8 Å². The highest BCUT2D eigenvalue weighted by Gasteiger charge is 2.32. The molecule has 7 nitrogen and oxygen atoms in total. The summed E-state index contributed by atoms with van der Waals surface area (Å²) in [5.74, 6) is -1.35. The van der Waals surface area contributed by atoms with E-state index in [2.05, 4.69) is 0 Å². The predicted molar refractivity (Wildman–Crippen MR) is 98.2 cm³/mol. The van der Waals surface area contributed by atoms with Crippen molar-refractivity contribution < 1.29 is 28.0 Å². The van der Waals surface area contributed by atoms with E-state index in [4.69, 9.17) is 5.11 Å². The van der Waals surface area contributed by atoms with Crippen molar-refractivity contribution in [2.75, 3.05) is 17.2 Å². The number of hydrogen-bond donors (Lipinski definition) is 2. The van der Waals surface area contributed by atoms with Gasteiger partial charge in [-0.25, -0.2) is 8.42 Å². The van der Waals surface area contributed by atoms with Gasteiger partial charge in [0.15, 0.2) is 0 Å². The topological polar surface area (TPSA) is 118 Å². The van der Waals surface area contributed by atoms with E-state index in [1.165, 1.54) is 6.07 Å². The number of fused-ring (bicyclic) bond motifs is 1. The zero-order chi connectivity index (χ0) is 19.5. The number of unbranched alkanes of at least 4 members (excludes halogenated alkanes) is 2. The molecule has 144 valence electrons. The molecule has 0 unspecified atom stereocenters. The van der Waals surface area contributed by atoms with E-state index in [0.29, 0.717) is 29.8 Å². The second kappa shape index (κ2) is 7.67. The average Bonchev–Trinajstić information content (AvgIpc) is 2.46. The molecule has 0 saturated carbocycles. The normalized spacial score (nSPS) is 16.1. The van der Waals surface area contributed by atoms with Gasteiger partial charge in [-0.1, -0.05) is 12.5 Å².